The Bertz CT molecular complexity index is 4250. The van der Waals surface area contributed by atoms with Gasteiger partial charge in [0.1, 0.15) is 0 Å². The lowest BCUT2D eigenvalue weighted by molar-refractivity contribution is -0.254. The second-order valence-corrected chi connectivity index (χ2v) is 33.9. The van der Waals surface area contributed by atoms with E-state index in [1.54, 1.807) is 11.1 Å². The van der Waals surface area contributed by atoms with Gasteiger partial charge in [0.2, 0.25) is 0 Å². The van der Waals surface area contributed by atoms with Crippen LogP contribution in [-0.4, -0.2) is 51.7 Å². The molecule has 0 saturated heterocycles. The first-order valence-electron chi connectivity index (χ1n) is 37.4. The van der Waals surface area contributed by atoms with E-state index in [2.05, 4.69) is 169 Å². The topological polar surface area (TPSA) is 122 Å². The summed E-state index contributed by atoms with van der Waals surface area (Å²) in [4.78, 5) is 15.5. The lowest BCUT2D eigenvalue weighted by Gasteiger charge is -2.81. The molecule has 6 N–H and O–H groups in total. The molecule has 6 fully saturated rings. The molecule has 6 spiro atoms. The Morgan fingerprint density at radius 3 is 2.52 bits per heavy atom. The van der Waals surface area contributed by atoms with Crippen LogP contribution >= 0.6 is 0 Å². The van der Waals surface area contributed by atoms with Crippen molar-refractivity contribution >= 4 is 23.2 Å². The average Bonchev–Trinajstić information content (AvgIpc) is 1.20. The van der Waals surface area contributed by atoms with E-state index >= 15 is 4.79 Å². The van der Waals surface area contributed by atoms with Crippen molar-refractivity contribution in [3.63, 3.8) is 0 Å². The van der Waals surface area contributed by atoms with Gasteiger partial charge in [0, 0.05) is 88.0 Å². The maximum Gasteiger partial charge on any atom is 0.307 e. The molecule has 3 aromatic carbocycles. The number of rotatable bonds is 4. The van der Waals surface area contributed by atoms with Crippen molar-refractivity contribution in [3.8, 4) is 23.7 Å². The predicted octanol–water partition coefficient (Wildman–Crippen LogP) is 15.0. The van der Waals surface area contributed by atoms with Crippen LogP contribution in [0, 0.1) is 120 Å². The van der Waals surface area contributed by atoms with E-state index in [-0.39, 0.29) is 46.3 Å². The smallest absolute Gasteiger partial charge is 0.307 e. The monoisotopic (exact) mass is 1250 g/mol. The molecular weight excluding hydrogens is 1150 g/mol. The summed E-state index contributed by atoms with van der Waals surface area (Å²) >= 11 is 0. The molecule has 6 aliphatic heterocycles. The summed E-state index contributed by atoms with van der Waals surface area (Å²) in [7, 11) is 0. The van der Waals surface area contributed by atoms with E-state index in [4.69, 9.17) is 0 Å². The van der Waals surface area contributed by atoms with E-state index < -0.39 is 62.0 Å². The number of carboxylic acids is 1. The van der Waals surface area contributed by atoms with Gasteiger partial charge >= 0.3 is 5.97 Å². The Labute approximate surface area is 557 Å². The van der Waals surface area contributed by atoms with Crippen LogP contribution < -0.4 is 21.1 Å². The summed E-state index contributed by atoms with van der Waals surface area (Å²) in [6.45, 7) is 4.09. The molecule has 7 nitrogen and oxygen atoms in total. The van der Waals surface area contributed by atoms with Crippen molar-refractivity contribution in [1.29, 1.82) is 0 Å². The van der Waals surface area contributed by atoms with Crippen molar-refractivity contribution in [2.75, 3.05) is 13.1 Å². The van der Waals surface area contributed by atoms with Gasteiger partial charge in [-0.3, -0.25) is 4.79 Å². The predicted molar refractivity (Wildman–Crippen MR) is 371 cm³/mol. The van der Waals surface area contributed by atoms with Gasteiger partial charge in [-0.15, -0.1) is 17.8 Å². The molecule has 7 heteroatoms. The highest BCUT2D eigenvalue weighted by molar-refractivity contribution is 5.81. The number of carbonyl (C=O) groups is 1. The van der Waals surface area contributed by atoms with Crippen LogP contribution in [0.1, 0.15) is 184 Å². The van der Waals surface area contributed by atoms with Crippen LogP contribution in [0.5, 0.6) is 0 Å². The van der Waals surface area contributed by atoms with Crippen LogP contribution in [0.3, 0.4) is 0 Å². The van der Waals surface area contributed by atoms with Crippen LogP contribution in [0.15, 0.2) is 156 Å². The molecule has 23 rings (SSSR count). The molecule has 19 atom stereocenters. The fourth-order valence-electron chi connectivity index (χ4n) is 28.7. The molecule has 6 saturated carbocycles. The lowest BCUT2D eigenvalue weighted by Crippen LogP contribution is -2.77. The van der Waals surface area contributed by atoms with Gasteiger partial charge in [-0.1, -0.05) is 165 Å². The summed E-state index contributed by atoms with van der Waals surface area (Å²) in [5.74, 6) is 17.5. The molecule has 6 heterocycles. The minimum Gasteiger partial charge on any atom is -0.516 e. The molecular formula is C87H96N2O5. The van der Waals surface area contributed by atoms with Gasteiger partial charge in [-0.25, -0.2) is 0 Å². The second kappa shape index (κ2) is 20.8. The van der Waals surface area contributed by atoms with Crippen LogP contribution in [0.2, 0.25) is 0 Å². The van der Waals surface area contributed by atoms with Crippen LogP contribution in [0.25, 0.3) is 17.2 Å². The molecule has 0 amide bonds. The third kappa shape index (κ3) is 7.13. The van der Waals surface area contributed by atoms with E-state index in [9.17, 15) is 20.4 Å². The highest BCUT2D eigenvalue weighted by Gasteiger charge is 2.90. The van der Waals surface area contributed by atoms with Crippen molar-refractivity contribution in [2.24, 2.45) is 96.1 Å². The largest absolute Gasteiger partial charge is 0.516 e. The summed E-state index contributed by atoms with van der Waals surface area (Å²) in [5, 5.41) is 62.9. The number of carboxylic acid groups (broad SMARTS) is 1. The molecule has 3 aromatic rings. The molecule has 484 valence electrons. The number of fused-ring (bicyclic) bond motifs is 2. The molecule has 0 radical (unpaired) electrons. The van der Waals surface area contributed by atoms with Crippen LogP contribution in [-0.2, 0) is 11.2 Å². The number of hydrogen-bond acceptors (Lipinski definition) is 6. The molecule has 0 aromatic heterocycles. The number of dihydropyridines is 1. The molecule has 0 unspecified atom stereocenters. The van der Waals surface area contributed by atoms with Gasteiger partial charge in [0.25, 0.3) is 0 Å². The minimum absolute atomic E-state index is 0.0292. The van der Waals surface area contributed by atoms with E-state index in [1.807, 2.05) is 0 Å². The highest BCUT2D eigenvalue weighted by Crippen LogP contribution is 2.94. The van der Waals surface area contributed by atoms with Gasteiger partial charge in [0.15, 0.2) is 0 Å². The minimum atomic E-state index is -1.11. The zero-order chi connectivity index (χ0) is 63.2. The average molecular weight is 1250 g/mol. The molecule has 94 heavy (non-hydrogen) atoms. The zero-order valence-electron chi connectivity index (χ0n) is 55.3. The third-order valence-electron chi connectivity index (χ3n) is 31.6. The first-order valence-corrected chi connectivity index (χ1v) is 37.4. The number of hydrogen-bond donors (Lipinski definition) is 6. The summed E-state index contributed by atoms with van der Waals surface area (Å²) < 4.78 is 0. The quantitative estimate of drug-likeness (QED) is 0.0874. The van der Waals surface area contributed by atoms with Gasteiger partial charge < -0.3 is 31.1 Å². The first kappa shape index (κ1) is 58.8. The normalized spacial score (nSPS) is 44.9. The third-order valence-corrected chi connectivity index (χ3v) is 31.6. The summed E-state index contributed by atoms with van der Waals surface area (Å²) in [6, 6.07) is 30.0. The number of aliphatic hydroxyl groups excluding tert-OH is 3. The van der Waals surface area contributed by atoms with E-state index in [1.165, 1.54) is 75.8 Å². The Morgan fingerprint density at radius 1 is 0.798 bits per heavy atom. The van der Waals surface area contributed by atoms with Gasteiger partial charge in [0.05, 0.1) is 30.2 Å². The number of aliphatic carboxylic acids is 1. The van der Waals surface area contributed by atoms with Crippen molar-refractivity contribution < 1.29 is 25.2 Å². The van der Waals surface area contributed by atoms with Crippen molar-refractivity contribution in [3.05, 3.63) is 183 Å². The van der Waals surface area contributed by atoms with Crippen molar-refractivity contribution in [1.82, 2.24) is 10.6 Å². The summed E-state index contributed by atoms with van der Waals surface area (Å²) in [6.07, 6.45) is 42.8. The molecule has 20 aliphatic rings. The molecule has 19 bridgehead atoms. The maximum absolute atomic E-state index is 15.5. The Balaban J connectivity index is 0.898. The van der Waals surface area contributed by atoms with Gasteiger partial charge in [-0.05, 0) is 218 Å². The number of aliphatic hydroxyl groups is 3. The summed E-state index contributed by atoms with van der Waals surface area (Å²) in [5.41, 5.74) is 7.26. The zero-order valence-corrected chi connectivity index (χ0v) is 55.3. The lowest BCUT2D eigenvalue weighted by atomic mass is 9.21. The Hall–Kier alpha value is -6.51. The van der Waals surface area contributed by atoms with E-state index in [0.717, 1.165) is 108 Å². The van der Waals surface area contributed by atoms with Crippen molar-refractivity contribution in [2.45, 2.75) is 186 Å². The fraction of sp³-hybridized carbons (Fsp3) is 0.552. The maximum atomic E-state index is 15.5. The fourth-order valence-corrected chi connectivity index (χ4v) is 28.7. The highest BCUT2D eigenvalue weighted by atomic mass is 16.4. The standard InChI is InChI=1S/C87H96N2O5/c1-79-63-32-40-83-64-23-13-38-87-81-35-15-37-82(87)36-11-10-25-66-59-22-12-21-58(45-59)61-28-30-76(89-53-61)88-43-14-26-65(57-18-6-3-7-19-57)62(54-90)27-29-69(78(93)94)85(79,41-33-73(83)80(49-64)39-31-56(48-80)44-55-16-4-2-5-17-55)75(92)52-86(79,83)72(51-81)71(47-63)84(87,42-34-74(82)91)70-46-60-20-8-9-24-67(60)77(66)68(70)50-81/h2,4-5,8-9,12,15-17,20-22,24,28,30,33,35,41,45-46,50,54,56-57,63-66,69-70,73-75,88-92H,3,6-7,14,18-19,25-27,29,31-32,34,36-40,42-44,47-49,51-53H2,1H3,(H,93,94)/b62-54+/t56-,63+,64+,65+,66-,69+,70-,73-,74+,75-,79-,80-,81-,82-,83-,84+,85+,86-,87+/m1/s1. The van der Waals surface area contributed by atoms with E-state index in [0.29, 0.717) is 63.3 Å². The second-order valence-electron chi connectivity index (χ2n) is 33.9. The number of allylic oxidation sites excluding steroid dienone is 10. The Kier molecular flexibility index (Phi) is 13.0. The van der Waals surface area contributed by atoms with Crippen LogP contribution in [0.4, 0.5) is 0 Å². The van der Waals surface area contributed by atoms with Gasteiger partial charge in [-0.2, -0.15) is 0 Å². The Morgan fingerprint density at radius 2 is 1.67 bits per heavy atom. The SMILES string of the molecule is C[C@@]12[C@H]3CC[C@@]45[C@@H]6C=C[C@]17[C@H](O)C[C@]42C1=C(C3)[C@]23CC[C@H](O)[C@@]48CC#CC[C@@H](C9=c%10ccccc%10=C[C@@H]2C9=C[C@](C=CC4)(C1)[C@@]83CC#C[C@H]5C[C@]61CC[C@H](Cc2ccccc2)C1)c1cccc(c1)C1=CC=C(NCCC[C@@H](C2CCCCC2)/C(=C/O)CC[C@H]7C(=O)O)NC1. The number of benzene rings is 3. The number of nitrogens with one attached hydrogen (secondary N) is 2. The molecule has 14 aliphatic carbocycles. The first-order chi connectivity index (χ1) is 45.9.